The Balaban J connectivity index is 1.40. The van der Waals surface area contributed by atoms with Gasteiger partial charge in [-0.15, -0.1) is 28.6 Å². The fraction of sp³-hybridized carbons (Fsp3) is 0.481. The highest BCUT2D eigenvalue weighted by Crippen LogP contribution is 2.64. The highest BCUT2D eigenvalue weighted by molar-refractivity contribution is 7.23. The van der Waals surface area contributed by atoms with Gasteiger partial charge in [-0.05, 0) is 74.6 Å². The van der Waals surface area contributed by atoms with E-state index in [9.17, 15) is 4.79 Å². The molecule has 0 aromatic carbocycles. The number of Topliss-reactive ketones (excluding diaryl/α,β-unsaturated/α-hetero) is 1. The number of aliphatic imine (C=N–C) groups is 1. The molecule has 2 aromatic rings. The molecule has 5 rings (SSSR count). The molecule has 2 aromatic heterocycles. The van der Waals surface area contributed by atoms with Crippen molar-refractivity contribution in [2.75, 3.05) is 13.6 Å². The Morgan fingerprint density at radius 3 is 2.85 bits per heavy atom. The molecule has 0 saturated heterocycles. The third kappa shape index (κ3) is 3.96. The zero-order chi connectivity index (χ0) is 23.1. The first-order valence-electron chi connectivity index (χ1n) is 11.8. The first-order chi connectivity index (χ1) is 16.0. The average molecular weight is 478 g/mol. The topological polar surface area (TPSA) is 67.5 Å². The number of carbonyl (C=O) groups excluding carboxylic acids is 1. The molecule has 6 heteroatoms. The van der Waals surface area contributed by atoms with Crippen molar-refractivity contribution in [3.8, 4) is 21.6 Å². The number of hydrogen-bond acceptors (Lipinski definition) is 4. The molecule has 0 radical (unpaired) electrons. The lowest BCUT2D eigenvalue weighted by molar-refractivity contribution is 0.00223. The van der Waals surface area contributed by atoms with Crippen LogP contribution in [0.25, 0.3) is 9.75 Å². The minimum absolute atomic E-state index is 0.0707. The minimum atomic E-state index is 0.0707. The molecule has 3 N–H and O–H groups in total. The molecule has 4 unspecified atom stereocenters. The number of nitrogens with two attached hydrogens (primary N) is 1. The van der Waals surface area contributed by atoms with Crippen LogP contribution in [0, 0.1) is 34.5 Å². The van der Waals surface area contributed by atoms with E-state index in [4.69, 9.17) is 5.73 Å². The van der Waals surface area contributed by atoms with Crippen molar-refractivity contribution in [3.63, 3.8) is 0 Å². The van der Waals surface area contributed by atoms with Gasteiger partial charge >= 0.3 is 0 Å². The van der Waals surface area contributed by atoms with E-state index in [1.54, 1.807) is 29.7 Å². The largest absolute Gasteiger partial charge is 0.370 e. The zero-order valence-corrected chi connectivity index (χ0v) is 21.0. The maximum absolute atomic E-state index is 13.9. The lowest BCUT2D eigenvalue weighted by Crippen LogP contribution is -2.53. The van der Waals surface area contributed by atoms with Crippen LogP contribution in [0.5, 0.6) is 0 Å². The number of allylic oxidation sites excluding steroid dienone is 1. The van der Waals surface area contributed by atoms with Crippen molar-refractivity contribution in [1.29, 1.82) is 0 Å². The number of rotatable bonds is 5. The number of ketones is 1. The SMILES string of the molecule is CC#Cc1ccc(-c2ccc(C(=O)C3CCC4(CNC(N)=NC)C=CC5CCCC53C4)s2)s1. The van der Waals surface area contributed by atoms with E-state index >= 15 is 0 Å². The molecule has 3 aliphatic carbocycles. The van der Waals surface area contributed by atoms with E-state index in [1.807, 2.05) is 13.0 Å². The second kappa shape index (κ2) is 8.77. The summed E-state index contributed by atoms with van der Waals surface area (Å²) in [5.41, 5.74) is 6.09. The van der Waals surface area contributed by atoms with Crippen LogP contribution in [-0.4, -0.2) is 25.3 Å². The Morgan fingerprint density at radius 1 is 1.21 bits per heavy atom. The summed E-state index contributed by atoms with van der Waals surface area (Å²) < 4.78 is 0. The van der Waals surface area contributed by atoms with Gasteiger partial charge in [-0.3, -0.25) is 9.79 Å². The number of hydrogen-bond donors (Lipinski definition) is 2. The number of nitrogens with one attached hydrogen (secondary N) is 1. The second-order valence-electron chi connectivity index (χ2n) is 9.75. The van der Waals surface area contributed by atoms with Gasteiger partial charge in [-0.2, -0.15) is 0 Å². The zero-order valence-electron chi connectivity index (χ0n) is 19.3. The maximum Gasteiger partial charge on any atom is 0.188 e. The number of guanidine groups is 1. The molecule has 2 heterocycles. The summed E-state index contributed by atoms with van der Waals surface area (Å²) >= 11 is 3.35. The van der Waals surface area contributed by atoms with Crippen LogP contribution in [-0.2, 0) is 0 Å². The standard InChI is InChI=1S/C27H31N3OS2/c1-3-5-19-7-8-21(32-19)22-9-10-23(33-22)24(31)20-12-15-26(17-30-25(28)29-2)14-11-18-6-4-13-27(18,20)16-26/h7-11,14,18,20H,4,6,12-13,15-17H2,1-2H3,(H3,28,29,30). The Hall–Kier alpha value is -2.36. The van der Waals surface area contributed by atoms with E-state index in [0.29, 0.717) is 17.7 Å². The highest BCUT2D eigenvalue weighted by Gasteiger charge is 2.58. The molecule has 4 nitrogen and oxygen atoms in total. The van der Waals surface area contributed by atoms with Gasteiger partial charge in [0.2, 0.25) is 0 Å². The van der Waals surface area contributed by atoms with Gasteiger partial charge in [0.1, 0.15) is 0 Å². The molecule has 172 valence electrons. The Kier molecular flexibility index (Phi) is 5.96. The lowest BCUT2D eigenvalue weighted by Gasteiger charge is -2.54. The van der Waals surface area contributed by atoms with Crippen LogP contribution < -0.4 is 11.1 Å². The average Bonchev–Trinajstić information content (AvgIpc) is 3.57. The Labute approximate surface area is 204 Å². The third-order valence-electron chi connectivity index (χ3n) is 8.01. The normalized spacial score (nSPS) is 30.4. The number of nitrogens with zero attached hydrogens (tertiary/aromatic N) is 1. The van der Waals surface area contributed by atoms with Crippen molar-refractivity contribution >= 4 is 34.4 Å². The summed E-state index contributed by atoms with van der Waals surface area (Å²) in [6.45, 7) is 2.66. The first kappa shape index (κ1) is 22.4. The van der Waals surface area contributed by atoms with Crippen molar-refractivity contribution < 1.29 is 4.79 Å². The van der Waals surface area contributed by atoms with Gasteiger partial charge in [0.15, 0.2) is 11.7 Å². The van der Waals surface area contributed by atoms with Gasteiger partial charge in [-0.25, -0.2) is 0 Å². The van der Waals surface area contributed by atoms with Crippen LogP contribution >= 0.6 is 22.7 Å². The van der Waals surface area contributed by atoms with Crippen LogP contribution in [0.15, 0.2) is 41.4 Å². The molecule has 2 bridgehead atoms. The van der Waals surface area contributed by atoms with Crippen LogP contribution in [0.2, 0.25) is 0 Å². The van der Waals surface area contributed by atoms with E-state index in [0.717, 1.165) is 42.0 Å². The summed E-state index contributed by atoms with van der Waals surface area (Å²) in [6.07, 6.45) is 11.5. The smallest absolute Gasteiger partial charge is 0.188 e. The Bertz CT molecular complexity index is 1180. The van der Waals surface area contributed by atoms with Gasteiger partial charge in [0.05, 0.1) is 9.75 Å². The fourth-order valence-electron chi connectivity index (χ4n) is 6.50. The molecular weight excluding hydrogens is 446 g/mol. The second-order valence-corrected chi connectivity index (χ2v) is 11.9. The lowest BCUT2D eigenvalue weighted by atomic mass is 9.50. The molecule has 0 amide bonds. The molecular formula is C27H31N3OS2. The number of thiophene rings is 2. The maximum atomic E-state index is 13.9. The number of fused-ring (bicyclic) bond motifs is 1. The summed E-state index contributed by atoms with van der Waals surface area (Å²) in [4.78, 5) is 22.3. The van der Waals surface area contributed by atoms with Gasteiger partial charge in [0, 0.05) is 34.7 Å². The molecule has 2 fully saturated rings. The summed E-state index contributed by atoms with van der Waals surface area (Å²) in [5.74, 6) is 7.57. The summed E-state index contributed by atoms with van der Waals surface area (Å²) in [7, 11) is 1.71. The summed E-state index contributed by atoms with van der Waals surface area (Å²) in [6, 6.07) is 8.35. The Morgan fingerprint density at radius 2 is 2.03 bits per heavy atom. The quantitative estimate of drug-likeness (QED) is 0.191. The summed E-state index contributed by atoms with van der Waals surface area (Å²) in [5, 5.41) is 3.32. The molecule has 1 spiro atoms. The molecule has 33 heavy (non-hydrogen) atoms. The van der Waals surface area contributed by atoms with E-state index in [-0.39, 0.29) is 16.7 Å². The number of carbonyl (C=O) groups is 1. The van der Waals surface area contributed by atoms with Crippen molar-refractivity contribution in [1.82, 2.24) is 5.32 Å². The third-order valence-corrected chi connectivity index (χ3v) is 10.3. The van der Waals surface area contributed by atoms with Crippen LogP contribution in [0.4, 0.5) is 0 Å². The van der Waals surface area contributed by atoms with Crippen molar-refractivity contribution in [3.05, 3.63) is 46.2 Å². The molecule has 3 aliphatic rings. The van der Waals surface area contributed by atoms with Gasteiger partial charge in [0.25, 0.3) is 0 Å². The van der Waals surface area contributed by atoms with Gasteiger partial charge < -0.3 is 11.1 Å². The first-order valence-corrected chi connectivity index (χ1v) is 13.4. The molecule has 4 atom stereocenters. The molecule has 2 saturated carbocycles. The monoisotopic (exact) mass is 477 g/mol. The van der Waals surface area contributed by atoms with Crippen molar-refractivity contribution in [2.24, 2.45) is 33.4 Å². The van der Waals surface area contributed by atoms with Crippen LogP contribution in [0.3, 0.4) is 0 Å². The minimum Gasteiger partial charge on any atom is -0.370 e. The van der Waals surface area contributed by atoms with E-state index in [2.05, 4.69) is 52.5 Å². The highest BCUT2D eigenvalue weighted by atomic mass is 32.1. The predicted molar refractivity (Wildman–Crippen MR) is 139 cm³/mol. The van der Waals surface area contributed by atoms with Gasteiger partial charge in [-0.1, -0.05) is 24.5 Å². The van der Waals surface area contributed by atoms with E-state index < -0.39 is 0 Å². The van der Waals surface area contributed by atoms with E-state index in [1.165, 1.54) is 22.6 Å². The van der Waals surface area contributed by atoms with Crippen molar-refractivity contribution in [2.45, 2.75) is 45.4 Å². The predicted octanol–water partition coefficient (Wildman–Crippen LogP) is 5.71. The van der Waals surface area contributed by atoms with Crippen LogP contribution in [0.1, 0.15) is 60.0 Å². The molecule has 0 aliphatic heterocycles. The fourth-order valence-corrected chi connectivity index (χ4v) is 8.50.